The highest BCUT2D eigenvalue weighted by Crippen LogP contribution is 2.28. The standard InChI is InChI=1S/C24H22N2O3/c1-15-7-4-5-10-19(15)24-26-20-12-11-18(13-21(20)29-24)25-22(27)14-28-23-16(2)8-6-9-17(23)3/h4-13H,14H2,1-3H3,(H,25,27). The first-order valence-electron chi connectivity index (χ1n) is 9.47. The number of carbonyl (C=O) groups is 1. The van der Waals surface area contributed by atoms with Crippen LogP contribution in [0.3, 0.4) is 0 Å². The van der Waals surface area contributed by atoms with Gasteiger partial charge in [-0.1, -0.05) is 36.4 Å². The number of aryl methyl sites for hydroxylation is 3. The molecule has 4 aromatic rings. The Kier molecular flexibility index (Phi) is 5.04. The van der Waals surface area contributed by atoms with Crippen LogP contribution in [-0.4, -0.2) is 17.5 Å². The number of hydrogen-bond donors (Lipinski definition) is 1. The lowest BCUT2D eigenvalue weighted by Crippen LogP contribution is -2.20. The second-order valence-corrected chi connectivity index (χ2v) is 7.07. The molecule has 0 fully saturated rings. The fraction of sp³-hybridized carbons (Fsp3) is 0.167. The number of fused-ring (bicyclic) bond motifs is 1. The number of para-hydroxylation sites is 1. The molecule has 5 nitrogen and oxygen atoms in total. The summed E-state index contributed by atoms with van der Waals surface area (Å²) in [4.78, 5) is 16.9. The molecule has 1 aromatic heterocycles. The molecular weight excluding hydrogens is 364 g/mol. The largest absolute Gasteiger partial charge is 0.483 e. The van der Waals surface area contributed by atoms with Gasteiger partial charge in [0.05, 0.1) is 0 Å². The highest BCUT2D eigenvalue weighted by Gasteiger charge is 2.12. The quantitative estimate of drug-likeness (QED) is 0.496. The molecule has 0 saturated carbocycles. The van der Waals surface area contributed by atoms with Crippen LogP contribution in [0.5, 0.6) is 5.75 Å². The first kappa shape index (κ1) is 18.7. The van der Waals surface area contributed by atoms with Gasteiger partial charge < -0.3 is 14.5 Å². The number of nitrogens with zero attached hydrogens (tertiary/aromatic N) is 1. The first-order chi connectivity index (χ1) is 14.0. The summed E-state index contributed by atoms with van der Waals surface area (Å²) in [6.07, 6.45) is 0. The van der Waals surface area contributed by atoms with E-state index in [1.165, 1.54) is 0 Å². The van der Waals surface area contributed by atoms with Gasteiger partial charge in [-0.25, -0.2) is 4.98 Å². The lowest BCUT2D eigenvalue weighted by atomic mass is 10.1. The number of carbonyl (C=O) groups excluding carboxylic acids is 1. The third-order valence-electron chi connectivity index (χ3n) is 4.80. The summed E-state index contributed by atoms with van der Waals surface area (Å²) >= 11 is 0. The average molecular weight is 386 g/mol. The van der Waals surface area contributed by atoms with E-state index in [9.17, 15) is 4.79 Å². The highest BCUT2D eigenvalue weighted by atomic mass is 16.5. The molecule has 0 aliphatic rings. The summed E-state index contributed by atoms with van der Waals surface area (Å²) in [5, 5.41) is 2.85. The van der Waals surface area contributed by atoms with E-state index in [4.69, 9.17) is 9.15 Å². The van der Waals surface area contributed by atoms with E-state index >= 15 is 0 Å². The molecule has 0 aliphatic carbocycles. The van der Waals surface area contributed by atoms with Gasteiger partial charge in [0.15, 0.2) is 12.2 Å². The minimum Gasteiger partial charge on any atom is -0.483 e. The zero-order valence-electron chi connectivity index (χ0n) is 16.7. The van der Waals surface area contributed by atoms with Gasteiger partial charge in [0.1, 0.15) is 11.3 Å². The van der Waals surface area contributed by atoms with Crippen molar-refractivity contribution in [2.45, 2.75) is 20.8 Å². The van der Waals surface area contributed by atoms with Gasteiger partial charge in [-0.2, -0.15) is 0 Å². The highest BCUT2D eigenvalue weighted by molar-refractivity contribution is 5.94. The summed E-state index contributed by atoms with van der Waals surface area (Å²) < 4.78 is 11.6. The van der Waals surface area contributed by atoms with Gasteiger partial charge in [0.2, 0.25) is 5.89 Å². The number of anilines is 1. The van der Waals surface area contributed by atoms with Crippen molar-refractivity contribution < 1.29 is 13.9 Å². The number of nitrogens with one attached hydrogen (secondary N) is 1. The van der Waals surface area contributed by atoms with Crippen LogP contribution >= 0.6 is 0 Å². The van der Waals surface area contributed by atoms with Crippen LogP contribution in [-0.2, 0) is 4.79 Å². The number of ether oxygens (including phenoxy) is 1. The van der Waals surface area contributed by atoms with Crippen molar-refractivity contribution in [1.82, 2.24) is 4.98 Å². The number of rotatable bonds is 5. The van der Waals surface area contributed by atoms with Crippen LogP contribution in [0.25, 0.3) is 22.6 Å². The summed E-state index contributed by atoms with van der Waals surface area (Å²) in [5.41, 5.74) is 6.06. The molecule has 0 unspecified atom stereocenters. The molecule has 3 aromatic carbocycles. The minimum absolute atomic E-state index is 0.0609. The Morgan fingerprint density at radius 1 is 0.966 bits per heavy atom. The van der Waals surface area contributed by atoms with Gasteiger partial charge in [0.25, 0.3) is 5.91 Å². The summed E-state index contributed by atoms with van der Waals surface area (Å²) in [5.74, 6) is 1.08. The molecule has 1 heterocycles. The predicted molar refractivity (Wildman–Crippen MR) is 114 cm³/mol. The van der Waals surface area contributed by atoms with E-state index < -0.39 is 0 Å². The first-order valence-corrected chi connectivity index (χ1v) is 9.47. The van der Waals surface area contributed by atoms with Crippen molar-refractivity contribution in [3.05, 3.63) is 77.4 Å². The van der Waals surface area contributed by atoms with Gasteiger partial charge >= 0.3 is 0 Å². The number of oxazole rings is 1. The van der Waals surface area contributed by atoms with Crippen molar-refractivity contribution >= 4 is 22.7 Å². The maximum absolute atomic E-state index is 12.3. The monoisotopic (exact) mass is 386 g/mol. The molecule has 5 heteroatoms. The topological polar surface area (TPSA) is 64.4 Å². The van der Waals surface area contributed by atoms with Crippen LogP contribution in [0.4, 0.5) is 5.69 Å². The van der Waals surface area contributed by atoms with Crippen molar-refractivity contribution in [2.75, 3.05) is 11.9 Å². The van der Waals surface area contributed by atoms with Crippen LogP contribution in [0.1, 0.15) is 16.7 Å². The van der Waals surface area contributed by atoms with E-state index in [-0.39, 0.29) is 12.5 Å². The maximum atomic E-state index is 12.3. The normalized spacial score (nSPS) is 10.9. The van der Waals surface area contributed by atoms with Crippen molar-refractivity contribution in [1.29, 1.82) is 0 Å². The smallest absolute Gasteiger partial charge is 0.262 e. The molecule has 1 N–H and O–H groups in total. The number of aromatic nitrogens is 1. The fourth-order valence-corrected chi connectivity index (χ4v) is 3.29. The Labute approximate surface area is 169 Å². The van der Waals surface area contributed by atoms with E-state index in [2.05, 4.69) is 10.3 Å². The van der Waals surface area contributed by atoms with E-state index in [1.807, 2.05) is 75.4 Å². The fourth-order valence-electron chi connectivity index (χ4n) is 3.29. The Balaban J connectivity index is 1.48. The average Bonchev–Trinajstić information content (AvgIpc) is 3.11. The summed E-state index contributed by atoms with van der Waals surface area (Å²) in [6, 6.07) is 19.3. The van der Waals surface area contributed by atoms with Gasteiger partial charge in [0, 0.05) is 17.3 Å². The molecular formula is C24H22N2O3. The molecule has 0 aliphatic heterocycles. The molecule has 146 valence electrons. The third-order valence-corrected chi connectivity index (χ3v) is 4.80. The van der Waals surface area contributed by atoms with E-state index in [1.54, 1.807) is 6.07 Å². The molecule has 1 amide bonds. The molecule has 29 heavy (non-hydrogen) atoms. The number of benzene rings is 3. The van der Waals surface area contributed by atoms with E-state index in [0.29, 0.717) is 17.2 Å². The van der Waals surface area contributed by atoms with Crippen molar-refractivity contribution in [3.8, 4) is 17.2 Å². The predicted octanol–water partition coefficient (Wildman–Crippen LogP) is 5.44. The van der Waals surface area contributed by atoms with E-state index in [0.717, 1.165) is 33.5 Å². The van der Waals surface area contributed by atoms with Gasteiger partial charge in [-0.15, -0.1) is 0 Å². The number of amides is 1. The molecule has 0 atom stereocenters. The van der Waals surface area contributed by atoms with Crippen LogP contribution in [0.15, 0.2) is 65.1 Å². The Morgan fingerprint density at radius 2 is 1.69 bits per heavy atom. The molecule has 0 bridgehead atoms. The Bertz CT molecular complexity index is 1170. The maximum Gasteiger partial charge on any atom is 0.262 e. The summed E-state index contributed by atoms with van der Waals surface area (Å²) in [6.45, 7) is 5.88. The Morgan fingerprint density at radius 3 is 2.45 bits per heavy atom. The van der Waals surface area contributed by atoms with Crippen LogP contribution in [0.2, 0.25) is 0 Å². The summed E-state index contributed by atoms with van der Waals surface area (Å²) in [7, 11) is 0. The second kappa shape index (κ2) is 7.80. The molecule has 0 radical (unpaired) electrons. The van der Waals surface area contributed by atoms with Crippen molar-refractivity contribution in [2.24, 2.45) is 0 Å². The Hall–Kier alpha value is -3.60. The van der Waals surface area contributed by atoms with Gasteiger partial charge in [-0.05, 0) is 55.7 Å². The SMILES string of the molecule is Cc1ccccc1-c1nc2ccc(NC(=O)COc3c(C)cccc3C)cc2o1. The molecule has 4 rings (SSSR count). The lowest BCUT2D eigenvalue weighted by molar-refractivity contribution is -0.118. The van der Waals surface area contributed by atoms with Crippen molar-refractivity contribution in [3.63, 3.8) is 0 Å². The molecule has 0 spiro atoms. The lowest BCUT2D eigenvalue weighted by Gasteiger charge is -2.11. The number of hydrogen-bond acceptors (Lipinski definition) is 4. The third kappa shape index (κ3) is 3.99. The molecule has 0 saturated heterocycles. The minimum atomic E-state index is -0.231. The van der Waals surface area contributed by atoms with Crippen LogP contribution in [0, 0.1) is 20.8 Å². The zero-order valence-corrected chi connectivity index (χ0v) is 16.7. The second-order valence-electron chi connectivity index (χ2n) is 7.07. The zero-order chi connectivity index (χ0) is 20.4. The van der Waals surface area contributed by atoms with Gasteiger partial charge in [-0.3, -0.25) is 4.79 Å². The van der Waals surface area contributed by atoms with Crippen LogP contribution < -0.4 is 10.1 Å².